The number of benzene rings is 1. The van der Waals surface area contributed by atoms with Crippen LogP contribution in [0.1, 0.15) is 32.0 Å². The molecule has 1 heterocycles. The molecule has 0 aliphatic heterocycles. The van der Waals surface area contributed by atoms with E-state index in [9.17, 15) is 19.7 Å². The molecule has 2 amide bonds. The molecule has 0 saturated heterocycles. The lowest BCUT2D eigenvalue weighted by molar-refractivity contribution is -0.384. The second-order valence-corrected chi connectivity index (χ2v) is 6.05. The minimum Gasteiger partial charge on any atom is -0.352 e. The van der Waals surface area contributed by atoms with Crippen molar-refractivity contribution >= 4 is 28.8 Å². The van der Waals surface area contributed by atoms with Crippen LogP contribution in [0, 0.1) is 17.0 Å². The van der Waals surface area contributed by atoms with Crippen LogP contribution in [0.2, 0.25) is 0 Å². The number of hydrogen-bond donors (Lipinski definition) is 2. The summed E-state index contributed by atoms with van der Waals surface area (Å²) in [5.41, 5.74) is 0.838. The molecule has 0 unspecified atom stereocenters. The van der Waals surface area contributed by atoms with Crippen molar-refractivity contribution in [3.05, 3.63) is 61.8 Å². The van der Waals surface area contributed by atoms with E-state index in [-0.39, 0.29) is 23.1 Å². The van der Waals surface area contributed by atoms with Crippen molar-refractivity contribution in [3.8, 4) is 0 Å². The van der Waals surface area contributed by atoms with E-state index in [0.29, 0.717) is 30.0 Å². The van der Waals surface area contributed by atoms with E-state index in [1.807, 2.05) is 5.38 Å². The first-order valence-electron chi connectivity index (χ1n) is 7.34. The van der Waals surface area contributed by atoms with E-state index in [1.54, 1.807) is 25.1 Å². The number of rotatable bonds is 7. The Bertz CT molecular complexity index is 744. The molecule has 0 aliphatic carbocycles. The van der Waals surface area contributed by atoms with Crippen molar-refractivity contribution in [1.82, 2.24) is 10.6 Å². The van der Waals surface area contributed by atoms with Crippen molar-refractivity contribution in [2.45, 2.75) is 13.3 Å². The van der Waals surface area contributed by atoms with E-state index in [0.717, 1.165) is 0 Å². The predicted octanol–water partition coefficient (Wildman–Crippen LogP) is 2.51. The molecule has 2 N–H and O–H groups in total. The van der Waals surface area contributed by atoms with Gasteiger partial charge in [0, 0.05) is 30.8 Å². The van der Waals surface area contributed by atoms with E-state index in [1.165, 1.54) is 23.5 Å². The number of nitrogens with zero attached hydrogens (tertiary/aromatic N) is 1. The molecule has 24 heavy (non-hydrogen) atoms. The molecule has 0 saturated carbocycles. The summed E-state index contributed by atoms with van der Waals surface area (Å²) in [5, 5.41) is 18.1. The van der Waals surface area contributed by atoms with Gasteiger partial charge in [0.25, 0.3) is 17.5 Å². The monoisotopic (exact) mass is 347 g/mol. The Morgan fingerprint density at radius 3 is 2.50 bits per heavy atom. The second-order valence-electron chi connectivity index (χ2n) is 5.10. The topological polar surface area (TPSA) is 101 Å². The molecular formula is C16H17N3O4S. The highest BCUT2D eigenvalue weighted by Gasteiger charge is 2.14. The lowest BCUT2D eigenvalue weighted by Crippen LogP contribution is -2.30. The van der Waals surface area contributed by atoms with Crippen molar-refractivity contribution in [1.29, 1.82) is 0 Å². The maximum atomic E-state index is 12.1. The summed E-state index contributed by atoms with van der Waals surface area (Å²) >= 11 is 1.37. The van der Waals surface area contributed by atoms with Crippen LogP contribution in [-0.2, 0) is 0 Å². The highest BCUT2D eigenvalue weighted by molar-refractivity contribution is 7.12. The van der Waals surface area contributed by atoms with Gasteiger partial charge in [0.1, 0.15) is 0 Å². The van der Waals surface area contributed by atoms with Gasteiger partial charge in [0.2, 0.25) is 0 Å². The van der Waals surface area contributed by atoms with Crippen molar-refractivity contribution < 1.29 is 14.5 Å². The molecule has 0 spiro atoms. The first kappa shape index (κ1) is 17.6. The largest absolute Gasteiger partial charge is 0.352 e. The average Bonchev–Trinajstić information content (AvgIpc) is 3.08. The smallest absolute Gasteiger partial charge is 0.270 e. The molecular weight excluding hydrogens is 330 g/mol. The average molecular weight is 347 g/mol. The Kier molecular flexibility index (Phi) is 6.02. The lowest BCUT2D eigenvalue weighted by atomic mass is 10.1. The predicted molar refractivity (Wildman–Crippen MR) is 91.4 cm³/mol. The zero-order valence-electron chi connectivity index (χ0n) is 13.1. The van der Waals surface area contributed by atoms with Gasteiger partial charge < -0.3 is 10.6 Å². The van der Waals surface area contributed by atoms with Crippen LogP contribution in [0.5, 0.6) is 0 Å². The van der Waals surface area contributed by atoms with Crippen molar-refractivity contribution in [2.24, 2.45) is 0 Å². The number of nitrogens with one attached hydrogen (secondary N) is 2. The van der Waals surface area contributed by atoms with Crippen LogP contribution in [0.15, 0.2) is 35.7 Å². The quantitative estimate of drug-likeness (QED) is 0.456. The van der Waals surface area contributed by atoms with Crippen LogP contribution < -0.4 is 10.6 Å². The Hall–Kier alpha value is -2.74. The number of nitro groups is 1. The molecule has 0 bridgehead atoms. The van der Waals surface area contributed by atoms with Gasteiger partial charge in [0.15, 0.2) is 0 Å². The molecule has 126 valence electrons. The number of hydrogen-bond acceptors (Lipinski definition) is 5. The molecule has 1 aromatic heterocycles. The fourth-order valence-electron chi connectivity index (χ4n) is 2.05. The SMILES string of the molecule is Cc1ccc([N+](=O)[O-])cc1C(=O)NCCCNC(=O)c1cccs1. The highest BCUT2D eigenvalue weighted by Crippen LogP contribution is 2.17. The zero-order chi connectivity index (χ0) is 17.5. The molecule has 0 radical (unpaired) electrons. The minimum absolute atomic E-state index is 0.117. The molecule has 8 heteroatoms. The van der Waals surface area contributed by atoms with Crippen LogP contribution in [0.4, 0.5) is 5.69 Å². The van der Waals surface area contributed by atoms with Gasteiger partial charge in [-0.05, 0) is 30.4 Å². The third kappa shape index (κ3) is 4.63. The minimum atomic E-state index is -0.531. The summed E-state index contributed by atoms with van der Waals surface area (Å²) in [7, 11) is 0. The van der Waals surface area contributed by atoms with Gasteiger partial charge in [-0.2, -0.15) is 0 Å². The van der Waals surface area contributed by atoms with Gasteiger partial charge in [-0.1, -0.05) is 12.1 Å². The standard InChI is InChI=1S/C16H17N3O4S/c1-11-5-6-12(19(22)23)10-13(11)15(20)17-7-3-8-18-16(21)14-4-2-9-24-14/h2,4-6,9-10H,3,7-8H2,1H3,(H,17,20)(H,18,21). The molecule has 0 aliphatic rings. The number of aryl methyl sites for hydroxylation is 1. The summed E-state index contributed by atoms with van der Waals surface area (Å²) in [6.07, 6.45) is 0.566. The summed E-state index contributed by atoms with van der Waals surface area (Å²) in [4.78, 5) is 34.7. The van der Waals surface area contributed by atoms with E-state index in [2.05, 4.69) is 10.6 Å². The Balaban J connectivity index is 1.78. The van der Waals surface area contributed by atoms with E-state index >= 15 is 0 Å². The molecule has 7 nitrogen and oxygen atoms in total. The summed E-state index contributed by atoms with van der Waals surface area (Å²) in [6, 6.07) is 7.73. The first-order chi connectivity index (χ1) is 11.5. The van der Waals surface area contributed by atoms with Crippen LogP contribution >= 0.6 is 11.3 Å². The second kappa shape index (κ2) is 8.21. The zero-order valence-corrected chi connectivity index (χ0v) is 13.9. The molecule has 0 atom stereocenters. The van der Waals surface area contributed by atoms with Crippen molar-refractivity contribution in [3.63, 3.8) is 0 Å². The fourth-order valence-corrected chi connectivity index (χ4v) is 2.69. The van der Waals surface area contributed by atoms with Crippen LogP contribution in [0.3, 0.4) is 0 Å². The third-order valence-corrected chi connectivity index (χ3v) is 4.21. The number of thiophene rings is 1. The van der Waals surface area contributed by atoms with E-state index < -0.39 is 4.92 Å². The number of nitro benzene ring substituents is 1. The normalized spacial score (nSPS) is 10.2. The Morgan fingerprint density at radius 1 is 1.17 bits per heavy atom. The summed E-state index contributed by atoms with van der Waals surface area (Å²) < 4.78 is 0. The van der Waals surface area contributed by atoms with Crippen LogP contribution in [-0.4, -0.2) is 29.8 Å². The van der Waals surface area contributed by atoms with Gasteiger partial charge in [-0.25, -0.2) is 0 Å². The lowest BCUT2D eigenvalue weighted by Gasteiger charge is -2.08. The molecule has 1 aromatic carbocycles. The molecule has 0 fully saturated rings. The van der Waals surface area contributed by atoms with Gasteiger partial charge in [-0.15, -0.1) is 11.3 Å². The maximum Gasteiger partial charge on any atom is 0.270 e. The van der Waals surface area contributed by atoms with Crippen molar-refractivity contribution in [2.75, 3.05) is 13.1 Å². The molecule has 2 aromatic rings. The highest BCUT2D eigenvalue weighted by atomic mass is 32.1. The van der Waals surface area contributed by atoms with Crippen LogP contribution in [0.25, 0.3) is 0 Å². The number of non-ortho nitro benzene ring substituents is 1. The molecule has 2 rings (SSSR count). The number of carbonyl (C=O) groups excluding carboxylic acids is 2. The Labute approximate surface area is 142 Å². The van der Waals surface area contributed by atoms with Gasteiger partial charge >= 0.3 is 0 Å². The summed E-state index contributed by atoms with van der Waals surface area (Å²) in [5.74, 6) is -0.494. The first-order valence-corrected chi connectivity index (χ1v) is 8.22. The fraction of sp³-hybridized carbons (Fsp3) is 0.250. The third-order valence-electron chi connectivity index (χ3n) is 3.35. The van der Waals surface area contributed by atoms with Gasteiger partial charge in [0.05, 0.1) is 9.80 Å². The number of carbonyl (C=O) groups is 2. The van der Waals surface area contributed by atoms with E-state index in [4.69, 9.17) is 0 Å². The maximum absolute atomic E-state index is 12.1. The Morgan fingerprint density at radius 2 is 1.88 bits per heavy atom. The number of amides is 2. The van der Waals surface area contributed by atoms with Gasteiger partial charge in [-0.3, -0.25) is 19.7 Å². The summed E-state index contributed by atoms with van der Waals surface area (Å²) in [6.45, 7) is 2.52.